The number of azo groups is 1. The average Bonchev–Trinajstić information content (AvgIpc) is 3.18. The Bertz CT molecular complexity index is 1880. The van der Waals surface area contributed by atoms with Gasteiger partial charge in [0.1, 0.15) is 9.79 Å². The molecule has 212 valence electrons. The lowest BCUT2D eigenvalue weighted by Crippen LogP contribution is -2.29. The van der Waals surface area contributed by atoms with E-state index in [4.69, 9.17) is 5.73 Å². The van der Waals surface area contributed by atoms with Crippen molar-refractivity contribution >= 4 is 67.0 Å². The summed E-state index contributed by atoms with van der Waals surface area (Å²) in [6, 6.07) is 11.8. The predicted octanol–water partition coefficient (Wildman–Crippen LogP) is 3.51. The highest BCUT2D eigenvalue weighted by atomic mass is 32.2. The first kappa shape index (κ1) is 29.2. The van der Waals surface area contributed by atoms with Gasteiger partial charge in [-0.05, 0) is 54.4 Å². The number of nitrogen functional groups attached to an aromatic ring is 1. The number of rotatable bonds is 8. The maximum Gasteiger partial charge on any atom is 0.337 e. The summed E-state index contributed by atoms with van der Waals surface area (Å²) in [6.45, 7) is 1.48. The van der Waals surface area contributed by atoms with Gasteiger partial charge in [-0.3, -0.25) is 13.9 Å². The molecule has 0 saturated heterocycles. The van der Waals surface area contributed by atoms with E-state index < -0.39 is 47.9 Å². The minimum atomic E-state index is -4.86. The van der Waals surface area contributed by atoms with Gasteiger partial charge in [-0.2, -0.15) is 37.2 Å². The number of carboxylic acid groups (broad SMARTS) is 1. The lowest BCUT2D eigenvalue weighted by Gasteiger charge is -2.14. The fourth-order valence-corrected chi connectivity index (χ4v) is 5.27. The summed E-state index contributed by atoms with van der Waals surface area (Å²) in [6.07, 6.45) is 2.38. The Hall–Kier alpha value is -4.77. The van der Waals surface area contributed by atoms with Crippen LogP contribution in [0.3, 0.4) is 0 Å². The first-order chi connectivity index (χ1) is 19.2. The van der Waals surface area contributed by atoms with E-state index in [1.54, 1.807) is 6.07 Å². The number of hydrogen-bond donors (Lipinski definition) is 4. The first-order valence-corrected chi connectivity index (χ1v) is 14.3. The van der Waals surface area contributed by atoms with Crippen molar-refractivity contribution in [1.29, 1.82) is 0 Å². The van der Waals surface area contributed by atoms with Gasteiger partial charge in [0, 0.05) is 5.69 Å². The molecule has 0 saturated carbocycles. The van der Waals surface area contributed by atoms with E-state index in [1.165, 1.54) is 61.5 Å². The average molecular weight is 600 g/mol. The number of carbonyl (C=O) groups is 2. The second-order valence-corrected chi connectivity index (χ2v) is 11.4. The van der Waals surface area contributed by atoms with Crippen LogP contribution in [-0.2, 0) is 25.0 Å². The highest BCUT2D eigenvalue weighted by molar-refractivity contribution is 7.86. The van der Waals surface area contributed by atoms with Gasteiger partial charge in [-0.15, -0.1) is 0 Å². The summed E-state index contributed by atoms with van der Waals surface area (Å²) in [5.74, 6) is -1.95. The highest BCUT2D eigenvalue weighted by Crippen LogP contribution is 2.30. The Morgan fingerprint density at radius 3 is 2.15 bits per heavy atom. The molecule has 4 rings (SSSR count). The lowest BCUT2D eigenvalue weighted by atomic mass is 10.1. The fourth-order valence-electron chi connectivity index (χ4n) is 3.84. The zero-order valence-electron chi connectivity index (χ0n) is 21.0. The van der Waals surface area contributed by atoms with Crippen LogP contribution in [0.25, 0.3) is 12.2 Å². The number of amides is 1. The summed E-state index contributed by atoms with van der Waals surface area (Å²) in [7, 11) is -9.53. The van der Waals surface area contributed by atoms with Crippen molar-refractivity contribution in [2.75, 3.05) is 10.7 Å². The molecule has 41 heavy (non-hydrogen) atoms. The van der Waals surface area contributed by atoms with Crippen molar-refractivity contribution in [3.05, 3.63) is 77.4 Å². The van der Waals surface area contributed by atoms with Crippen molar-refractivity contribution < 1.29 is 40.6 Å². The number of anilines is 2. The summed E-state index contributed by atoms with van der Waals surface area (Å²) in [5.41, 5.74) is 5.59. The third-order valence-corrected chi connectivity index (χ3v) is 7.61. The van der Waals surface area contributed by atoms with E-state index in [0.717, 1.165) is 17.1 Å². The third kappa shape index (κ3) is 6.36. The lowest BCUT2D eigenvalue weighted by molar-refractivity contribution is -0.117. The van der Waals surface area contributed by atoms with Crippen LogP contribution >= 0.6 is 0 Å². The number of carboxylic acids is 1. The molecule has 14 nitrogen and oxygen atoms in total. The highest BCUT2D eigenvalue weighted by Gasteiger charge is 2.35. The van der Waals surface area contributed by atoms with Crippen LogP contribution in [0, 0.1) is 0 Å². The number of hydrogen-bond acceptors (Lipinski definition) is 10. The summed E-state index contributed by atoms with van der Waals surface area (Å²) < 4.78 is 67.2. The first-order valence-electron chi connectivity index (χ1n) is 11.5. The molecule has 1 amide bonds. The van der Waals surface area contributed by atoms with Gasteiger partial charge in [0.05, 0.1) is 22.6 Å². The summed E-state index contributed by atoms with van der Waals surface area (Å²) in [5, 5.41) is 22.1. The van der Waals surface area contributed by atoms with E-state index in [9.17, 15) is 40.6 Å². The monoisotopic (exact) mass is 599 g/mol. The maximum atomic E-state index is 13.1. The van der Waals surface area contributed by atoms with Gasteiger partial charge >= 0.3 is 5.97 Å². The van der Waals surface area contributed by atoms with Gasteiger partial charge in [0.2, 0.25) is 0 Å². The second kappa shape index (κ2) is 11.0. The zero-order valence-corrected chi connectivity index (χ0v) is 22.6. The molecule has 0 aromatic heterocycles. The number of benzene rings is 3. The molecule has 1 aliphatic heterocycles. The Morgan fingerprint density at radius 1 is 0.951 bits per heavy atom. The molecule has 1 unspecified atom stereocenters. The number of hydrazone groups is 1. The summed E-state index contributed by atoms with van der Waals surface area (Å²) >= 11 is 0. The summed E-state index contributed by atoms with van der Waals surface area (Å²) in [4.78, 5) is 23.4. The molecule has 0 spiro atoms. The molecule has 0 aliphatic carbocycles. The Kier molecular flexibility index (Phi) is 7.85. The number of aromatic carboxylic acids is 1. The van der Waals surface area contributed by atoms with Crippen molar-refractivity contribution in [2.45, 2.75) is 22.8 Å². The fraction of sp³-hybridized carbons (Fsp3) is 0.0800. The van der Waals surface area contributed by atoms with Gasteiger partial charge in [-0.1, -0.05) is 36.4 Å². The Labute approximate surface area is 233 Å². The third-order valence-electron chi connectivity index (χ3n) is 5.79. The minimum absolute atomic E-state index is 0.0142. The van der Waals surface area contributed by atoms with Crippen LogP contribution in [0.4, 0.5) is 17.1 Å². The maximum absolute atomic E-state index is 13.1. The molecule has 16 heteroatoms. The van der Waals surface area contributed by atoms with Gasteiger partial charge in [0.25, 0.3) is 26.1 Å². The van der Waals surface area contributed by atoms with Crippen LogP contribution in [0.15, 0.2) is 85.8 Å². The molecule has 1 atom stereocenters. The quantitative estimate of drug-likeness (QED) is 0.127. The number of nitrogens with zero attached hydrogens (tertiary/aromatic N) is 4. The molecular formula is C25H21N5O9S2. The van der Waals surface area contributed by atoms with Crippen molar-refractivity contribution in [1.82, 2.24) is 0 Å². The smallest absolute Gasteiger partial charge is 0.337 e. The van der Waals surface area contributed by atoms with Gasteiger partial charge in [0.15, 0.2) is 6.04 Å². The Balaban J connectivity index is 1.67. The molecule has 1 aliphatic rings. The van der Waals surface area contributed by atoms with E-state index in [0.29, 0.717) is 0 Å². The normalized spacial score (nSPS) is 16.1. The number of carbonyl (C=O) groups excluding carboxylic acids is 1. The molecule has 5 N–H and O–H groups in total. The molecule has 0 fully saturated rings. The number of nitrogens with two attached hydrogens (primary N) is 1. The molecule has 3 aromatic carbocycles. The molecule has 1 heterocycles. The van der Waals surface area contributed by atoms with E-state index in [2.05, 4.69) is 15.3 Å². The predicted molar refractivity (Wildman–Crippen MR) is 148 cm³/mol. The molecular weight excluding hydrogens is 578 g/mol. The van der Waals surface area contributed by atoms with Crippen LogP contribution in [0.1, 0.15) is 28.4 Å². The second-order valence-electron chi connectivity index (χ2n) is 8.63. The standard InChI is InChI=1S/C25H21N5O9S2/c1-14-23(28-27-20-5-3-2-4-19(20)25(32)33)24(31)30(29-14)18-11-9-16(22(13-18)41(37,38)39)7-6-15-8-10-17(26)12-21(15)40(34,35)36/h2-13,23H,26H2,1H3,(H,32,33)(H,34,35,36)(H,37,38,39)/b7-6+,28-27?. The SMILES string of the molecule is CC1=NN(c2ccc(/C=C/c3ccc(N)cc3S(=O)(=O)O)c(S(=O)(=O)O)c2)C(=O)C1N=Nc1ccccc1C(=O)O. The van der Waals surface area contributed by atoms with E-state index in [-0.39, 0.29) is 39.5 Å². The topological polar surface area (TPSA) is 229 Å². The van der Waals surface area contributed by atoms with Crippen molar-refractivity contribution in [3.63, 3.8) is 0 Å². The van der Waals surface area contributed by atoms with E-state index in [1.807, 2.05) is 0 Å². The minimum Gasteiger partial charge on any atom is -0.478 e. The van der Waals surface area contributed by atoms with Crippen LogP contribution in [0.2, 0.25) is 0 Å². The van der Waals surface area contributed by atoms with Gasteiger partial charge in [-0.25, -0.2) is 4.79 Å². The van der Waals surface area contributed by atoms with Crippen LogP contribution in [0.5, 0.6) is 0 Å². The van der Waals surface area contributed by atoms with Crippen LogP contribution in [-0.4, -0.2) is 54.7 Å². The van der Waals surface area contributed by atoms with Crippen molar-refractivity contribution in [2.24, 2.45) is 15.3 Å². The largest absolute Gasteiger partial charge is 0.478 e. The van der Waals surface area contributed by atoms with E-state index >= 15 is 0 Å². The Morgan fingerprint density at radius 2 is 1.54 bits per heavy atom. The van der Waals surface area contributed by atoms with Crippen molar-refractivity contribution in [3.8, 4) is 0 Å². The molecule has 0 radical (unpaired) electrons. The zero-order chi connectivity index (χ0) is 30.1. The molecule has 3 aromatic rings. The molecule has 0 bridgehead atoms. The van der Waals surface area contributed by atoms with Gasteiger partial charge < -0.3 is 10.8 Å². The van der Waals surface area contributed by atoms with Crippen LogP contribution < -0.4 is 10.7 Å².